The van der Waals surface area contributed by atoms with Gasteiger partial charge in [-0.3, -0.25) is 0 Å². The van der Waals surface area contributed by atoms with Crippen molar-refractivity contribution in [2.45, 2.75) is 37.6 Å². The van der Waals surface area contributed by atoms with Crippen LogP contribution in [0.3, 0.4) is 0 Å². The van der Waals surface area contributed by atoms with Gasteiger partial charge < -0.3 is 10.1 Å². The Morgan fingerprint density at radius 1 is 1.39 bits per heavy atom. The Balaban J connectivity index is 2.02. The molecule has 1 N–H and O–H groups in total. The van der Waals surface area contributed by atoms with Crippen molar-refractivity contribution < 1.29 is 17.9 Å². The normalized spacial score (nSPS) is 24.2. The molecular formula is C11H14F3N3O. The summed E-state index contributed by atoms with van der Waals surface area (Å²) in [6.45, 7) is 0. The molecule has 1 aliphatic rings. The molecular weight excluding hydrogens is 247 g/mol. The smallest absolute Gasteiger partial charge is 0.381 e. The van der Waals surface area contributed by atoms with Gasteiger partial charge in [-0.25, -0.2) is 9.97 Å². The molecule has 2 atom stereocenters. The van der Waals surface area contributed by atoms with Gasteiger partial charge in [0, 0.05) is 19.3 Å². The molecule has 0 saturated heterocycles. The molecule has 2 unspecified atom stereocenters. The molecule has 1 aromatic heterocycles. The summed E-state index contributed by atoms with van der Waals surface area (Å²) in [6.07, 6.45) is -0.667. The van der Waals surface area contributed by atoms with E-state index in [9.17, 15) is 13.2 Å². The Morgan fingerprint density at radius 2 is 2.17 bits per heavy atom. The highest BCUT2D eigenvalue weighted by Gasteiger charge is 2.33. The van der Waals surface area contributed by atoms with Crippen molar-refractivity contribution in [1.29, 1.82) is 0 Å². The number of hydrogen-bond acceptors (Lipinski definition) is 4. The lowest BCUT2D eigenvalue weighted by Gasteiger charge is -2.13. The van der Waals surface area contributed by atoms with Crippen LogP contribution in [0.4, 0.5) is 19.1 Å². The Labute approximate surface area is 103 Å². The highest BCUT2D eigenvalue weighted by molar-refractivity contribution is 5.28. The summed E-state index contributed by atoms with van der Waals surface area (Å²) in [5.41, 5.74) is -0.929. The first-order valence-electron chi connectivity index (χ1n) is 5.68. The second kappa shape index (κ2) is 5.09. The minimum absolute atomic E-state index is 0.0200. The SMILES string of the molecule is COC1CCC(Nc2nccc(C(F)(F)F)n2)C1. The number of nitrogens with zero attached hydrogens (tertiary/aromatic N) is 2. The van der Waals surface area contributed by atoms with Crippen LogP contribution in [0, 0.1) is 0 Å². The van der Waals surface area contributed by atoms with Crippen LogP contribution in [0.25, 0.3) is 0 Å². The van der Waals surface area contributed by atoms with Gasteiger partial charge in [0.1, 0.15) is 5.69 Å². The average Bonchev–Trinajstić information content (AvgIpc) is 2.76. The van der Waals surface area contributed by atoms with Crippen LogP contribution in [-0.2, 0) is 10.9 Å². The van der Waals surface area contributed by atoms with E-state index in [0.29, 0.717) is 0 Å². The molecule has 0 aliphatic heterocycles. The number of rotatable bonds is 3. The summed E-state index contributed by atoms with van der Waals surface area (Å²) < 4.78 is 42.6. The zero-order valence-corrected chi connectivity index (χ0v) is 9.87. The number of methoxy groups -OCH3 is 1. The maximum Gasteiger partial charge on any atom is 0.433 e. The zero-order chi connectivity index (χ0) is 13.2. The fourth-order valence-electron chi connectivity index (χ4n) is 2.05. The summed E-state index contributed by atoms with van der Waals surface area (Å²) in [4.78, 5) is 7.27. The highest BCUT2D eigenvalue weighted by atomic mass is 19.4. The summed E-state index contributed by atoms with van der Waals surface area (Å²) in [6, 6.07) is 0.927. The molecule has 1 fully saturated rings. The molecule has 0 aromatic carbocycles. The van der Waals surface area contributed by atoms with Crippen LogP contribution in [0.1, 0.15) is 25.0 Å². The third-order valence-corrected chi connectivity index (χ3v) is 3.00. The molecule has 4 nitrogen and oxygen atoms in total. The summed E-state index contributed by atoms with van der Waals surface area (Å²) in [5.74, 6) is 0.0200. The standard InChI is InChI=1S/C11H14F3N3O/c1-18-8-3-2-7(6-8)16-10-15-5-4-9(17-10)11(12,13)14/h4-5,7-8H,2-3,6H2,1H3,(H,15,16,17). The molecule has 1 saturated carbocycles. The molecule has 0 bridgehead atoms. The van der Waals surface area contributed by atoms with E-state index >= 15 is 0 Å². The van der Waals surface area contributed by atoms with E-state index in [-0.39, 0.29) is 18.1 Å². The molecule has 1 aliphatic carbocycles. The van der Waals surface area contributed by atoms with E-state index < -0.39 is 11.9 Å². The van der Waals surface area contributed by atoms with Crippen LogP contribution in [-0.4, -0.2) is 29.2 Å². The first-order chi connectivity index (χ1) is 8.49. The number of halogens is 3. The molecule has 7 heteroatoms. The van der Waals surface area contributed by atoms with Gasteiger partial charge in [0.15, 0.2) is 0 Å². The monoisotopic (exact) mass is 261 g/mol. The van der Waals surface area contributed by atoms with Gasteiger partial charge in [0.05, 0.1) is 6.10 Å². The van der Waals surface area contributed by atoms with Gasteiger partial charge >= 0.3 is 6.18 Å². The molecule has 1 heterocycles. The van der Waals surface area contributed by atoms with Crippen molar-refractivity contribution >= 4 is 5.95 Å². The van der Waals surface area contributed by atoms with E-state index in [2.05, 4.69) is 15.3 Å². The number of anilines is 1. The molecule has 2 rings (SSSR count). The van der Waals surface area contributed by atoms with Crippen molar-refractivity contribution in [2.75, 3.05) is 12.4 Å². The number of aromatic nitrogens is 2. The number of alkyl halides is 3. The predicted octanol–water partition coefficient (Wildman–Crippen LogP) is 2.47. The van der Waals surface area contributed by atoms with Gasteiger partial charge in [-0.2, -0.15) is 13.2 Å². The first-order valence-corrected chi connectivity index (χ1v) is 5.68. The van der Waals surface area contributed by atoms with Crippen LogP contribution in [0.15, 0.2) is 12.3 Å². The lowest BCUT2D eigenvalue weighted by molar-refractivity contribution is -0.141. The molecule has 1 aromatic rings. The average molecular weight is 261 g/mol. The minimum Gasteiger partial charge on any atom is -0.381 e. The topological polar surface area (TPSA) is 47.0 Å². The fourth-order valence-corrected chi connectivity index (χ4v) is 2.05. The summed E-state index contributed by atoms with van der Waals surface area (Å²) in [5, 5.41) is 2.92. The van der Waals surface area contributed by atoms with Crippen LogP contribution in [0.5, 0.6) is 0 Å². The lowest BCUT2D eigenvalue weighted by atomic mass is 10.2. The van der Waals surface area contributed by atoms with E-state index in [4.69, 9.17) is 4.74 Å². The Hall–Kier alpha value is -1.37. The fraction of sp³-hybridized carbons (Fsp3) is 0.636. The summed E-state index contributed by atoms with van der Waals surface area (Å²) in [7, 11) is 1.63. The third kappa shape index (κ3) is 3.10. The zero-order valence-electron chi connectivity index (χ0n) is 9.87. The second-order valence-corrected chi connectivity index (χ2v) is 4.28. The first kappa shape index (κ1) is 13.1. The van der Waals surface area contributed by atoms with Crippen molar-refractivity contribution in [3.63, 3.8) is 0 Å². The number of ether oxygens (including phenoxy) is 1. The molecule has 0 spiro atoms. The Morgan fingerprint density at radius 3 is 2.78 bits per heavy atom. The van der Waals surface area contributed by atoms with Crippen molar-refractivity contribution in [1.82, 2.24) is 9.97 Å². The van der Waals surface area contributed by atoms with Gasteiger partial charge in [0.2, 0.25) is 5.95 Å². The minimum atomic E-state index is -4.44. The molecule has 0 amide bonds. The van der Waals surface area contributed by atoms with Gasteiger partial charge in [0.25, 0.3) is 0 Å². The third-order valence-electron chi connectivity index (χ3n) is 3.00. The largest absolute Gasteiger partial charge is 0.433 e. The van der Waals surface area contributed by atoms with Crippen molar-refractivity contribution in [3.05, 3.63) is 18.0 Å². The maximum atomic E-state index is 12.5. The maximum absolute atomic E-state index is 12.5. The molecule has 0 radical (unpaired) electrons. The van der Waals surface area contributed by atoms with Crippen LogP contribution >= 0.6 is 0 Å². The van der Waals surface area contributed by atoms with E-state index in [0.717, 1.165) is 31.5 Å². The number of hydrogen-bond donors (Lipinski definition) is 1. The quantitative estimate of drug-likeness (QED) is 0.908. The van der Waals surface area contributed by atoms with Gasteiger partial charge in [-0.05, 0) is 25.3 Å². The van der Waals surface area contributed by atoms with E-state index in [1.807, 2.05) is 0 Å². The van der Waals surface area contributed by atoms with Gasteiger partial charge in [-0.1, -0.05) is 0 Å². The van der Waals surface area contributed by atoms with Crippen molar-refractivity contribution in [2.24, 2.45) is 0 Å². The Kier molecular flexibility index (Phi) is 3.70. The highest BCUT2D eigenvalue weighted by Crippen LogP contribution is 2.28. The van der Waals surface area contributed by atoms with Crippen LogP contribution in [0.2, 0.25) is 0 Å². The Bertz CT molecular complexity index is 411. The molecule has 100 valence electrons. The van der Waals surface area contributed by atoms with Gasteiger partial charge in [-0.15, -0.1) is 0 Å². The van der Waals surface area contributed by atoms with Crippen LogP contribution < -0.4 is 5.32 Å². The number of nitrogens with one attached hydrogen (secondary N) is 1. The molecule has 18 heavy (non-hydrogen) atoms. The van der Waals surface area contributed by atoms with E-state index in [1.165, 1.54) is 0 Å². The van der Waals surface area contributed by atoms with E-state index in [1.54, 1.807) is 7.11 Å². The lowest BCUT2D eigenvalue weighted by Crippen LogP contribution is -2.20. The summed E-state index contributed by atoms with van der Waals surface area (Å²) >= 11 is 0. The van der Waals surface area contributed by atoms with Crippen molar-refractivity contribution in [3.8, 4) is 0 Å². The predicted molar refractivity (Wildman–Crippen MR) is 59.1 cm³/mol. The second-order valence-electron chi connectivity index (χ2n) is 4.28.